The molecule has 1 N–H and O–H groups in total. The molecule has 0 fully saturated rings. The van der Waals surface area contributed by atoms with Gasteiger partial charge in [-0.25, -0.2) is 4.79 Å². The Bertz CT molecular complexity index is 639. The van der Waals surface area contributed by atoms with E-state index in [0.717, 1.165) is 0 Å². The first-order chi connectivity index (χ1) is 10.5. The number of esters is 1. The van der Waals surface area contributed by atoms with Crippen molar-refractivity contribution >= 4 is 39.4 Å². The lowest BCUT2D eigenvalue weighted by atomic mass is 10.1. The van der Waals surface area contributed by atoms with Gasteiger partial charge in [0.2, 0.25) is 0 Å². The van der Waals surface area contributed by atoms with E-state index in [1.807, 2.05) is 0 Å². The minimum atomic E-state index is -0.742. The summed E-state index contributed by atoms with van der Waals surface area (Å²) in [5.41, 5.74) is -0.681. The molecular weight excluding hydrogens is 372 g/mol. The second kappa shape index (κ2) is 7.40. The number of nitro benzene ring substituents is 1. The number of carbonyl (C=O) groups is 2. The zero-order valence-corrected chi connectivity index (χ0v) is 14.7. The summed E-state index contributed by atoms with van der Waals surface area (Å²) in [6.07, 6.45) is -0.994. The number of nitrogens with one attached hydrogen (secondary N) is 1. The topological polar surface area (TPSA) is 108 Å². The Morgan fingerprint density at radius 1 is 1.35 bits per heavy atom. The number of halogens is 1. The van der Waals surface area contributed by atoms with Crippen molar-refractivity contribution < 1.29 is 24.0 Å². The minimum absolute atomic E-state index is 0.0507. The van der Waals surface area contributed by atoms with Crippen molar-refractivity contribution in [1.29, 1.82) is 0 Å². The van der Waals surface area contributed by atoms with Gasteiger partial charge in [0.15, 0.2) is 0 Å². The maximum atomic E-state index is 11.8. The maximum Gasteiger partial charge on any atom is 0.412 e. The van der Waals surface area contributed by atoms with Crippen LogP contribution in [-0.4, -0.2) is 29.7 Å². The van der Waals surface area contributed by atoms with Gasteiger partial charge >= 0.3 is 12.1 Å². The molecule has 126 valence electrons. The molecule has 0 unspecified atom stereocenters. The van der Waals surface area contributed by atoms with Gasteiger partial charge in [0.25, 0.3) is 5.69 Å². The van der Waals surface area contributed by atoms with Crippen molar-refractivity contribution in [2.75, 3.05) is 12.4 Å². The smallest absolute Gasteiger partial charge is 0.412 e. The van der Waals surface area contributed by atoms with Gasteiger partial charge in [-0.05, 0) is 48.8 Å². The van der Waals surface area contributed by atoms with Crippen molar-refractivity contribution in [2.24, 2.45) is 0 Å². The third-order valence-corrected chi connectivity index (χ3v) is 3.38. The van der Waals surface area contributed by atoms with Crippen LogP contribution in [0.4, 0.5) is 16.2 Å². The molecule has 0 aliphatic carbocycles. The summed E-state index contributed by atoms with van der Waals surface area (Å²) in [6.45, 7) is 5.09. The predicted octanol–water partition coefficient (Wildman–Crippen LogP) is 3.42. The van der Waals surface area contributed by atoms with Crippen LogP contribution >= 0.6 is 15.9 Å². The number of nitrogens with zero attached hydrogens (tertiary/aromatic N) is 1. The largest absolute Gasteiger partial charge is 0.469 e. The van der Waals surface area contributed by atoms with Gasteiger partial charge in [-0.2, -0.15) is 0 Å². The van der Waals surface area contributed by atoms with Crippen molar-refractivity contribution in [3.05, 3.63) is 32.3 Å². The fourth-order valence-electron chi connectivity index (χ4n) is 1.68. The van der Waals surface area contributed by atoms with Crippen molar-refractivity contribution in [2.45, 2.75) is 32.8 Å². The Kier molecular flexibility index (Phi) is 6.08. The van der Waals surface area contributed by atoms with E-state index in [0.29, 0.717) is 0 Å². The van der Waals surface area contributed by atoms with Crippen LogP contribution in [-0.2, 0) is 20.7 Å². The summed E-state index contributed by atoms with van der Waals surface area (Å²) in [7, 11) is 1.20. The molecule has 0 bridgehead atoms. The van der Waals surface area contributed by atoms with E-state index in [-0.39, 0.29) is 27.8 Å². The molecule has 1 rings (SSSR count). The SMILES string of the molecule is COC(=O)Cc1ccc(NC(=O)OC(C)(C)C)c(Br)c1[N+](=O)[O-]. The van der Waals surface area contributed by atoms with Crippen LogP contribution in [0.5, 0.6) is 0 Å². The Labute approximate surface area is 141 Å². The number of carbonyl (C=O) groups excluding carboxylic acids is 2. The molecule has 9 heteroatoms. The molecule has 0 spiro atoms. The van der Waals surface area contributed by atoms with E-state index in [1.165, 1.54) is 19.2 Å². The van der Waals surface area contributed by atoms with Crippen LogP contribution in [0, 0.1) is 10.1 Å². The second-order valence-electron chi connectivity index (χ2n) is 5.57. The molecule has 0 saturated heterocycles. The molecule has 1 amide bonds. The number of amides is 1. The summed E-state index contributed by atoms with van der Waals surface area (Å²) in [4.78, 5) is 33.7. The van der Waals surface area contributed by atoms with Crippen molar-refractivity contribution in [1.82, 2.24) is 0 Å². The number of rotatable bonds is 4. The molecule has 0 atom stereocenters. The number of ether oxygens (including phenoxy) is 2. The molecule has 0 aliphatic rings. The first-order valence-corrected chi connectivity index (χ1v) is 7.37. The van der Waals surface area contributed by atoms with Gasteiger partial charge in [-0.3, -0.25) is 20.2 Å². The molecule has 0 heterocycles. The highest BCUT2D eigenvalue weighted by atomic mass is 79.9. The number of hydrogen-bond acceptors (Lipinski definition) is 6. The molecule has 1 aromatic carbocycles. The van der Waals surface area contributed by atoms with Gasteiger partial charge in [-0.15, -0.1) is 0 Å². The molecule has 0 aromatic heterocycles. The molecule has 8 nitrogen and oxygen atoms in total. The van der Waals surface area contributed by atoms with Crippen molar-refractivity contribution in [3.8, 4) is 0 Å². The average Bonchev–Trinajstić information content (AvgIpc) is 2.39. The summed E-state index contributed by atoms with van der Waals surface area (Å²) in [5.74, 6) is -0.604. The van der Waals surface area contributed by atoms with E-state index in [2.05, 4.69) is 26.0 Å². The van der Waals surface area contributed by atoms with E-state index < -0.39 is 22.6 Å². The second-order valence-corrected chi connectivity index (χ2v) is 6.36. The fourth-order valence-corrected chi connectivity index (χ4v) is 2.31. The van der Waals surface area contributed by atoms with Gasteiger partial charge in [0, 0.05) is 5.56 Å². The van der Waals surface area contributed by atoms with Crippen LogP contribution in [0.15, 0.2) is 16.6 Å². The Balaban J connectivity index is 3.13. The van der Waals surface area contributed by atoms with Crippen LogP contribution in [0.2, 0.25) is 0 Å². The zero-order valence-electron chi connectivity index (χ0n) is 13.1. The first-order valence-electron chi connectivity index (χ1n) is 6.57. The third kappa shape index (κ3) is 5.51. The van der Waals surface area contributed by atoms with Crippen LogP contribution < -0.4 is 5.32 Å². The lowest BCUT2D eigenvalue weighted by Gasteiger charge is -2.20. The maximum absolute atomic E-state index is 11.8. The van der Waals surface area contributed by atoms with E-state index in [4.69, 9.17) is 4.74 Å². The predicted molar refractivity (Wildman–Crippen MR) is 86.4 cm³/mol. The number of methoxy groups -OCH3 is 1. The highest BCUT2D eigenvalue weighted by Crippen LogP contribution is 2.36. The number of nitro groups is 1. The quantitative estimate of drug-likeness (QED) is 0.480. The number of anilines is 1. The lowest BCUT2D eigenvalue weighted by Crippen LogP contribution is -2.27. The molecule has 0 saturated carbocycles. The number of hydrogen-bond donors (Lipinski definition) is 1. The summed E-state index contributed by atoms with van der Waals surface area (Å²) in [5, 5.41) is 13.7. The third-order valence-electron chi connectivity index (χ3n) is 2.58. The minimum Gasteiger partial charge on any atom is -0.469 e. The van der Waals surface area contributed by atoms with Gasteiger partial charge in [0.1, 0.15) is 10.1 Å². The average molecular weight is 389 g/mol. The zero-order chi connectivity index (χ0) is 17.8. The van der Waals surface area contributed by atoms with Gasteiger partial charge in [-0.1, -0.05) is 0 Å². The highest BCUT2D eigenvalue weighted by Gasteiger charge is 2.25. The number of benzene rings is 1. The summed E-state index contributed by atoms with van der Waals surface area (Å²) < 4.78 is 9.66. The molecule has 0 radical (unpaired) electrons. The van der Waals surface area contributed by atoms with E-state index in [9.17, 15) is 19.7 Å². The highest BCUT2D eigenvalue weighted by molar-refractivity contribution is 9.10. The molecule has 1 aromatic rings. The molecule has 0 aliphatic heterocycles. The van der Waals surface area contributed by atoms with Gasteiger partial charge < -0.3 is 9.47 Å². The summed E-state index contributed by atoms with van der Waals surface area (Å²) in [6, 6.07) is 2.83. The molecule has 23 heavy (non-hydrogen) atoms. The fraction of sp³-hybridized carbons (Fsp3) is 0.429. The summed E-state index contributed by atoms with van der Waals surface area (Å²) >= 11 is 3.09. The molecular formula is C14H17BrN2O6. The van der Waals surface area contributed by atoms with Crippen LogP contribution in [0.25, 0.3) is 0 Å². The Hall–Kier alpha value is -2.16. The van der Waals surface area contributed by atoms with Crippen LogP contribution in [0.1, 0.15) is 26.3 Å². The lowest BCUT2D eigenvalue weighted by molar-refractivity contribution is -0.386. The van der Waals surface area contributed by atoms with E-state index >= 15 is 0 Å². The van der Waals surface area contributed by atoms with Gasteiger partial charge in [0.05, 0.1) is 24.1 Å². The van der Waals surface area contributed by atoms with Crippen molar-refractivity contribution in [3.63, 3.8) is 0 Å². The monoisotopic (exact) mass is 388 g/mol. The Morgan fingerprint density at radius 3 is 2.43 bits per heavy atom. The normalized spacial score (nSPS) is 10.8. The first kappa shape index (κ1) is 18.9. The van der Waals surface area contributed by atoms with Crippen LogP contribution in [0.3, 0.4) is 0 Å². The van der Waals surface area contributed by atoms with E-state index in [1.54, 1.807) is 20.8 Å². The standard InChI is InChI=1S/C14H17BrN2O6/c1-14(2,3)23-13(19)16-9-6-5-8(7-10(18)22-4)12(11(9)15)17(20)21/h5-6H,7H2,1-4H3,(H,16,19). The Morgan fingerprint density at radius 2 is 1.96 bits per heavy atom.